The third kappa shape index (κ3) is 4.36. The number of thioether (sulfide) groups is 1. The van der Waals surface area contributed by atoms with Crippen molar-refractivity contribution in [1.82, 2.24) is 14.8 Å². The molecular weight excluding hydrogens is 374 g/mol. The standard InChI is InChI=1S/C21H23N3O3S/c1-5-27-18-12-6-15(7-13-18)19(25)14(2)28-21-23-22-20(24(21)3)16-8-10-17(26-4)11-9-16/h6-14H,5H2,1-4H3/t14-/m1/s1. The van der Waals surface area contributed by atoms with E-state index in [1.807, 2.05) is 61.9 Å². The van der Waals surface area contributed by atoms with Crippen LogP contribution in [0.4, 0.5) is 0 Å². The van der Waals surface area contributed by atoms with Crippen molar-refractivity contribution >= 4 is 17.5 Å². The second-order valence-corrected chi connectivity index (χ2v) is 7.48. The van der Waals surface area contributed by atoms with Crippen molar-refractivity contribution in [2.24, 2.45) is 7.05 Å². The van der Waals surface area contributed by atoms with Gasteiger partial charge in [0.05, 0.1) is 19.0 Å². The molecule has 0 unspecified atom stereocenters. The minimum Gasteiger partial charge on any atom is -0.497 e. The highest BCUT2D eigenvalue weighted by Crippen LogP contribution is 2.28. The predicted molar refractivity (Wildman–Crippen MR) is 110 cm³/mol. The summed E-state index contributed by atoms with van der Waals surface area (Å²) in [6, 6.07) is 14.9. The van der Waals surface area contributed by atoms with Crippen LogP contribution < -0.4 is 9.47 Å². The Balaban J connectivity index is 1.72. The number of ketones is 1. The van der Waals surface area contributed by atoms with Crippen LogP contribution in [0, 0.1) is 0 Å². The van der Waals surface area contributed by atoms with Gasteiger partial charge >= 0.3 is 0 Å². The molecule has 1 atom stereocenters. The zero-order valence-electron chi connectivity index (χ0n) is 16.4. The Labute approximate surface area is 168 Å². The van der Waals surface area contributed by atoms with E-state index in [1.54, 1.807) is 19.2 Å². The third-order valence-corrected chi connectivity index (χ3v) is 5.42. The summed E-state index contributed by atoms with van der Waals surface area (Å²) in [5, 5.41) is 8.95. The number of carbonyl (C=O) groups excluding carboxylic acids is 1. The van der Waals surface area contributed by atoms with Crippen LogP contribution in [0.5, 0.6) is 11.5 Å². The molecule has 7 heteroatoms. The molecule has 3 aromatic rings. The molecule has 0 aliphatic carbocycles. The summed E-state index contributed by atoms with van der Waals surface area (Å²) in [7, 11) is 3.53. The minimum absolute atomic E-state index is 0.0436. The van der Waals surface area contributed by atoms with Crippen molar-refractivity contribution in [2.45, 2.75) is 24.3 Å². The summed E-state index contributed by atoms with van der Waals surface area (Å²) in [5.41, 5.74) is 1.59. The molecule has 3 rings (SSSR count). The molecule has 2 aromatic carbocycles. The van der Waals surface area contributed by atoms with Gasteiger partial charge in [0.15, 0.2) is 16.8 Å². The SMILES string of the molecule is CCOc1ccc(C(=O)[C@@H](C)Sc2nnc(-c3ccc(OC)cc3)n2C)cc1. The molecule has 1 heterocycles. The van der Waals surface area contributed by atoms with E-state index in [-0.39, 0.29) is 11.0 Å². The Hall–Kier alpha value is -2.80. The van der Waals surface area contributed by atoms with Crippen LogP contribution in [0.15, 0.2) is 53.7 Å². The Bertz CT molecular complexity index is 937. The van der Waals surface area contributed by atoms with E-state index in [4.69, 9.17) is 9.47 Å². The number of carbonyl (C=O) groups is 1. The molecule has 0 radical (unpaired) electrons. The molecule has 28 heavy (non-hydrogen) atoms. The van der Waals surface area contributed by atoms with E-state index < -0.39 is 0 Å². The van der Waals surface area contributed by atoms with Crippen LogP contribution in [-0.4, -0.2) is 39.5 Å². The molecule has 0 fully saturated rings. The van der Waals surface area contributed by atoms with E-state index in [0.29, 0.717) is 17.3 Å². The van der Waals surface area contributed by atoms with Gasteiger partial charge in [0, 0.05) is 18.2 Å². The van der Waals surface area contributed by atoms with Crippen LogP contribution >= 0.6 is 11.8 Å². The number of hydrogen-bond acceptors (Lipinski definition) is 6. The first-order valence-electron chi connectivity index (χ1n) is 9.01. The number of nitrogens with zero attached hydrogens (tertiary/aromatic N) is 3. The Morgan fingerprint density at radius 2 is 1.71 bits per heavy atom. The van der Waals surface area contributed by atoms with Gasteiger partial charge in [0.1, 0.15) is 11.5 Å². The summed E-state index contributed by atoms with van der Waals surface area (Å²) in [6.07, 6.45) is 0. The van der Waals surface area contributed by atoms with Crippen LogP contribution in [0.1, 0.15) is 24.2 Å². The monoisotopic (exact) mass is 397 g/mol. The molecule has 0 aliphatic heterocycles. The number of methoxy groups -OCH3 is 1. The van der Waals surface area contributed by atoms with Gasteiger partial charge in [-0.2, -0.15) is 0 Å². The van der Waals surface area contributed by atoms with E-state index in [1.165, 1.54) is 11.8 Å². The fourth-order valence-electron chi connectivity index (χ4n) is 2.74. The van der Waals surface area contributed by atoms with Crippen molar-refractivity contribution in [1.29, 1.82) is 0 Å². The summed E-state index contributed by atoms with van der Waals surface area (Å²) < 4.78 is 12.5. The highest BCUT2D eigenvalue weighted by molar-refractivity contribution is 8.00. The molecule has 0 saturated heterocycles. The van der Waals surface area contributed by atoms with Gasteiger partial charge in [-0.25, -0.2) is 0 Å². The summed E-state index contributed by atoms with van der Waals surface area (Å²) in [6.45, 7) is 4.41. The second kappa shape index (κ2) is 8.93. The Kier molecular flexibility index (Phi) is 6.36. The average molecular weight is 398 g/mol. The minimum atomic E-state index is -0.287. The van der Waals surface area contributed by atoms with E-state index in [2.05, 4.69) is 10.2 Å². The van der Waals surface area contributed by atoms with Crippen LogP contribution in [0.3, 0.4) is 0 Å². The summed E-state index contributed by atoms with van der Waals surface area (Å²) in [5.74, 6) is 2.33. The number of Topliss-reactive ketones (excluding diaryl/α,β-unsaturated/α-hetero) is 1. The lowest BCUT2D eigenvalue weighted by Crippen LogP contribution is -2.14. The highest BCUT2D eigenvalue weighted by atomic mass is 32.2. The van der Waals surface area contributed by atoms with E-state index in [9.17, 15) is 4.79 Å². The molecular formula is C21H23N3O3S. The van der Waals surface area contributed by atoms with Crippen molar-refractivity contribution in [3.8, 4) is 22.9 Å². The smallest absolute Gasteiger partial charge is 0.191 e. The fraction of sp³-hybridized carbons (Fsp3) is 0.286. The maximum absolute atomic E-state index is 12.7. The Morgan fingerprint density at radius 3 is 2.32 bits per heavy atom. The van der Waals surface area contributed by atoms with Gasteiger partial charge in [0.25, 0.3) is 0 Å². The zero-order chi connectivity index (χ0) is 20.1. The topological polar surface area (TPSA) is 66.2 Å². The molecule has 0 aliphatic rings. The maximum Gasteiger partial charge on any atom is 0.191 e. The number of ether oxygens (including phenoxy) is 2. The van der Waals surface area contributed by atoms with Crippen LogP contribution in [-0.2, 0) is 7.05 Å². The lowest BCUT2D eigenvalue weighted by Gasteiger charge is -2.11. The molecule has 1 aromatic heterocycles. The lowest BCUT2D eigenvalue weighted by molar-refractivity contribution is 0.0994. The molecule has 0 N–H and O–H groups in total. The first-order valence-corrected chi connectivity index (χ1v) is 9.89. The normalized spacial score (nSPS) is 11.9. The number of rotatable bonds is 8. The van der Waals surface area contributed by atoms with Gasteiger partial charge in [-0.15, -0.1) is 10.2 Å². The number of benzene rings is 2. The van der Waals surface area contributed by atoms with Crippen molar-refractivity contribution in [2.75, 3.05) is 13.7 Å². The average Bonchev–Trinajstić information content (AvgIpc) is 3.08. The van der Waals surface area contributed by atoms with Crippen molar-refractivity contribution in [3.63, 3.8) is 0 Å². The van der Waals surface area contributed by atoms with Crippen LogP contribution in [0.25, 0.3) is 11.4 Å². The Morgan fingerprint density at radius 1 is 1.07 bits per heavy atom. The van der Waals surface area contributed by atoms with E-state index >= 15 is 0 Å². The van der Waals surface area contributed by atoms with Crippen LogP contribution in [0.2, 0.25) is 0 Å². The zero-order valence-corrected chi connectivity index (χ0v) is 17.2. The summed E-state index contributed by atoms with van der Waals surface area (Å²) in [4.78, 5) is 12.7. The first-order chi connectivity index (χ1) is 13.5. The summed E-state index contributed by atoms with van der Waals surface area (Å²) >= 11 is 1.39. The quantitative estimate of drug-likeness (QED) is 0.418. The van der Waals surface area contributed by atoms with Crippen molar-refractivity contribution in [3.05, 3.63) is 54.1 Å². The molecule has 0 bridgehead atoms. The fourth-order valence-corrected chi connectivity index (χ4v) is 3.63. The number of aromatic nitrogens is 3. The van der Waals surface area contributed by atoms with Gasteiger partial charge in [-0.05, 0) is 62.4 Å². The predicted octanol–water partition coefficient (Wildman–Crippen LogP) is 4.25. The number of hydrogen-bond donors (Lipinski definition) is 0. The molecule has 146 valence electrons. The third-order valence-electron chi connectivity index (χ3n) is 4.28. The van der Waals surface area contributed by atoms with Crippen molar-refractivity contribution < 1.29 is 14.3 Å². The molecule has 6 nitrogen and oxygen atoms in total. The van der Waals surface area contributed by atoms with Gasteiger partial charge < -0.3 is 14.0 Å². The van der Waals surface area contributed by atoms with Gasteiger partial charge in [-0.3, -0.25) is 4.79 Å². The molecule has 0 spiro atoms. The first kappa shape index (κ1) is 19.9. The molecule has 0 amide bonds. The molecule has 0 saturated carbocycles. The largest absolute Gasteiger partial charge is 0.497 e. The lowest BCUT2D eigenvalue weighted by atomic mass is 10.1. The second-order valence-electron chi connectivity index (χ2n) is 6.18. The van der Waals surface area contributed by atoms with E-state index in [0.717, 1.165) is 22.9 Å². The van der Waals surface area contributed by atoms with Gasteiger partial charge in [0.2, 0.25) is 0 Å². The highest BCUT2D eigenvalue weighted by Gasteiger charge is 2.20. The van der Waals surface area contributed by atoms with Gasteiger partial charge in [-0.1, -0.05) is 11.8 Å². The maximum atomic E-state index is 12.7.